The normalized spacial score (nSPS) is 31.1. The average molecular weight is 268 g/mol. The second kappa shape index (κ2) is 5.57. The van der Waals surface area contributed by atoms with Gasteiger partial charge in [-0.2, -0.15) is 0 Å². The van der Waals surface area contributed by atoms with Crippen molar-refractivity contribution in [1.82, 2.24) is 0 Å². The van der Waals surface area contributed by atoms with E-state index in [1.807, 2.05) is 0 Å². The number of hydrogen-bond acceptors (Lipinski definition) is 5. The molecule has 0 spiro atoms. The first-order chi connectivity index (χ1) is 8.75. The van der Waals surface area contributed by atoms with Crippen molar-refractivity contribution in [2.24, 2.45) is 5.41 Å². The number of allylic oxidation sites excluding steroid dienone is 1. The number of ether oxygens (including phenoxy) is 2. The first-order valence-electron chi connectivity index (χ1n) is 6.09. The molecule has 3 atom stereocenters. The Kier molecular flexibility index (Phi) is 4.52. The highest BCUT2D eigenvalue weighted by Crippen LogP contribution is 2.39. The molecular formula is C14H20O5. The fraction of sp³-hybridized carbons (Fsp3) is 0.571. The fourth-order valence-corrected chi connectivity index (χ4v) is 2.22. The van der Waals surface area contributed by atoms with E-state index in [4.69, 9.17) is 14.6 Å². The minimum absolute atomic E-state index is 0.0136. The number of Topliss-reactive ketones (excluding diaryl/α,β-unsaturated/α-hetero) is 1. The number of rotatable bonds is 4. The summed E-state index contributed by atoms with van der Waals surface area (Å²) in [5.41, 5.74) is -1.17. The zero-order chi connectivity index (χ0) is 14.8. The van der Waals surface area contributed by atoms with Crippen LogP contribution in [0.5, 0.6) is 0 Å². The SMILES string of the molecule is C=C(O)CCC1OC(C)C(=C)C(=O)C1(C)C(=O)OC. The molecule has 5 nitrogen and oxygen atoms in total. The van der Waals surface area contributed by atoms with Crippen LogP contribution in [0.3, 0.4) is 0 Å². The summed E-state index contributed by atoms with van der Waals surface area (Å²) in [5, 5.41) is 9.16. The predicted molar refractivity (Wildman–Crippen MR) is 69.6 cm³/mol. The third-order valence-electron chi connectivity index (χ3n) is 3.57. The highest BCUT2D eigenvalue weighted by molar-refractivity contribution is 6.13. The van der Waals surface area contributed by atoms with E-state index in [1.165, 1.54) is 14.0 Å². The van der Waals surface area contributed by atoms with Crippen LogP contribution in [0.4, 0.5) is 0 Å². The molecule has 1 rings (SSSR count). The van der Waals surface area contributed by atoms with Gasteiger partial charge in [0.15, 0.2) is 11.2 Å². The highest BCUT2D eigenvalue weighted by Gasteiger charge is 2.54. The van der Waals surface area contributed by atoms with E-state index in [2.05, 4.69) is 13.2 Å². The molecule has 3 unspecified atom stereocenters. The Morgan fingerprint density at radius 3 is 2.63 bits per heavy atom. The molecule has 1 aliphatic heterocycles. The number of ketones is 1. The van der Waals surface area contributed by atoms with Gasteiger partial charge in [0.25, 0.3) is 0 Å². The Bertz CT molecular complexity index is 426. The molecule has 106 valence electrons. The summed E-state index contributed by atoms with van der Waals surface area (Å²) >= 11 is 0. The van der Waals surface area contributed by atoms with Crippen molar-refractivity contribution >= 4 is 11.8 Å². The standard InChI is InChI=1S/C14H20O5/c1-8(15)6-7-11-14(4,13(17)18-5)12(16)9(2)10(3)19-11/h10-11,15H,1-2,6-7H2,3-5H3. The summed E-state index contributed by atoms with van der Waals surface area (Å²) < 4.78 is 10.4. The predicted octanol–water partition coefficient (Wildman–Crippen LogP) is 1.93. The second-order valence-electron chi connectivity index (χ2n) is 4.92. The lowest BCUT2D eigenvalue weighted by atomic mass is 9.72. The minimum atomic E-state index is -1.42. The van der Waals surface area contributed by atoms with Crippen LogP contribution in [0.1, 0.15) is 26.7 Å². The van der Waals surface area contributed by atoms with Crippen molar-refractivity contribution in [3.8, 4) is 0 Å². The van der Waals surface area contributed by atoms with Gasteiger partial charge in [0, 0.05) is 12.0 Å². The Balaban J connectivity index is 3.08. The monoisotopic (exact) mass is 268 g/mol. The zero-order valence-corrected chi connectivity index (χ0v) is 11.6. The molecule has 1 fully saturated rings. The molecule has 5 heteroatoms. The van der Waals surface area contributed by atoms with Gasteiger partial charge in [-0.15, -0.1) is 0 Å². The van der Waals surface area contributed by atoms with Crippen LogP contribution < -0.4 is 0 Å². The first-order valence-corrected chi connectivity index (χ1v) is 6.09. The van der Waals surface area contributed by atoms with Gasteiger partial charge in [0.1, 0.15) is 0 Å². The number of hydrogen-bond donors (Lipinski definition) is 1. The second-order valence-corrected chi connectivity index (χ2v) is 4.92. The van der Waals surface area contributed by atoms with Gasteiger partial charge in [0.2, 0.25) is 0 Å². The Morgan fingerprint density at radius 2 is 2.16 bits per heavy atom. The van der Waals surface area contributed by atoms with Gasteiger partial charge >= 0.3 is 5.97 Å². The lowest BCUT2D eigenvalue weighted by Gasteiger charge is -2.41. The molecule has 0 bridgehead atoms. The maximum absolute atomic E-state index is 12.3. The fourth-order valence-electron chi connectivity index (χ4n) is 2.22. The van der Waals surface area contributed by atoms with Crippen molar-refractivity contribution in [1.29, 1.82) is 0 Å². The lowest BCUT2D eigenvalue weighted by molar-refractivity contribution is -0.175. The molecule has 0 radical (unpaired) electrons. The zero-order valence-electron chi connectivity index (χ0n) is 11.6. The first kappa shape index (κ1) is 15.4. The van der Waals surface area contributed by atoms with Gasteiger partial charge in [-0.1, -0.05) is 13.2 Å². The highest BCUT2D eigenvalue weighted by atomic mass is 16.5. The molecule has 1 aliphatic rings. The molecule has 19 heavy (non-hydrogen) atoms. The molecule has 0 amide bonds. The molecule has 0 aromatic rings. The third-order valence-corrected chi connectivity index (χ3v) is 3.57. The Labute approximate surface area is 112 Å². The van der Waals surface area contributed by atoms with Crippen molar-refractivity contribution in [2.45, 2.75) is 38.9 Å². The van der Waals surface area contributed by atoms with Crippen LogP contribution in [0, 0.1) is 5.41 Å². The van der Waals surface area contributed by atoms with Gasteiger partial charge in [-0.25, -0.2) is 0 Å². The average Bonchev–Trinajstić information content (AvgIpc) is 2.37. The van der Waals surface area contributed by atoms with Gasteiger partial charge < -0.3 is 14.6 Å². The van der Waals surface area contributed by atoms with Crippen LogP contribution in [0.25, 0.3) is 0 Å². The Hall–Kier alpha value is -1.62. The smallest absolute Gasteiger partial charge is 0.322 e. The summed E-state index contributed by atoms with van der Waals surface area (Å²) in [6.07, 6.45) is -0.562. The summed E-state index contributed by atoms with van der Waals surface area (Å²) in [5.74, 6) is -1.04. The van der Waals surface area contributed by atoms with Crippen LogP contribution >= 0.6 is 0 Å². The van der Waals surface area contributed by atoms with Crippen molar-refractivity contribution < 1.29 is 24.2 Å². The number of esters is 1. The quantitative estimate of drug-likeness (QED) is 0.365. The lowest BCUT2D eigenvalue weighted by Crippen LogP contribution is -2.55. The maximum Gasteiger partial charge on any atom is 0.322 e. The van der Waals surface area contributed by atoms with E-state index in [9.17, 15) is 9.59 Å². The molecule has 1 N–H and O–H groups in total. The molecule has 1 heterocycles. The molecule has 0 aromatic carbocycles. The number of carbonyl (C=O) groups excluding carboxylic acids is 2. The summed E-state index contributed by atoms with van der Waals surface area (Å²) in [7, 11) is 1.23. The van der Waals surface area contributed by atoms with Gasteiger partial charge in [-0.3, -0.25) is 9.59 Å². The molecule has 0 aliphatic carbocycles. The van der Waals surface area contributed by atoms with Gasteiger partial charge in [0.05, 0.1) is 25.1 Å². The molecular weight excluding hydrogens is 248 g/mol. The largest absolute Gasteiger partial charge is 0.513 e. The van der Waals surface area contributed by atoms with E-state index in [1.54, 1.807) is 6.92 Å². The number of aliphatic hydroxyl groups excluding tert-OH is 1. The van der Waals surface area contributed by atoms with Crippen molar-refractivity contribution in [2.75, 3.05) is 7.11 Å². The van der Waals surface area contributed by atoms with Crippen LogP contribution in [0.2, 0.25) is 0 Å². The third kappa shape index (κ3) is 2.71. The number of aliphatic hydroxyl groups is 1. The van der Waals surface area contributed by atoms with E-state index in [0.29, 0.717) is 6.42 Å². The number of methoxy groups -OCH3 is 1. The topological polar surface area (TPSA) is 72.8 Å². The Morgan fingerprint density at radius 1 is 1.58 bits per heavy atom. The van der Waals surface area contributed by atoms with Gasteiger partial charge in [-0.05, 0) is 20.3 Å². The van der Waals surface area contributed by atoms with E-state index < -0.39 is 23.6 Å². The molecule has 0 aromatic heterocycles. The van der Waals surface area contributed by atoms with E-state index in [0.717, 1.165) is 0 Å². The molecule has 0 saturated carbocycles. The van der Waals surface area contributed by atoms with E-state index >= 15 is 0 Å². The number of carbonyl (C=O) groups is 2. The molecule has 1 saturated heterocycles. The minimum Gasteiger partial charge on any atom is -0.513 e. The summed E-state index contributed by atoms with van der Waals surface area (Å²) in [6, 6.07) is 0. The van der Waals surface area contributed by atoms with Crippen molar-refractivity contribution in [3.05, 3.63) is 24.5 Å². The van der Waals surface area contributed by atoms with Crippen molar-refractivity contribution in [3.63, 3.8) is 0 Å². The summed E-state index contributed by atoms with van der Waals surface area (Å²) in [4.78, 5) is 24.3. The maximum atomic E-state index is 12.3. The summed E-state index contributed by atoms with van der Waals surface area (Å²) in [6.45, 7) is 10.3. The van der Waals surface area contributed by atoms with Crippen LogP contribution in [0.15, 0.2) is 24.5 Å². The van der Waals surface area contributed by atoms with E-state index in [-0.39, 0.29) is 23.5 Å². The van der Waals surface area contributed by atoms with Crippen LogP contribution in [-0.2, 0) is 19.1 Å². The van der Waals surface area contributed by atoms with Crippen LogP contribution in [-0.4, -0.2) is 36.2 Å².